The van der Waals surface area contributed by atoms with Gasteiger partial charge in [0.05, 0.1) is 34.3 Å². The average molecular weight is 449 g/mol. The molecule has 0 saturated carbocycles. The summed E-state index contributed by atoms with van der Waals surface area (Å²) in [6.45, 7) is 5.76. The van der Waals surface area contributed by atoms with Crippen molar-refractivity contribution in [3.05, 3.63) is 92.1 Å². The number of hydrogen-bond acceptors (Lipinski definition) is 6. The van der Waals surface area contributed by atoms with Crippen molar-refractivity contribution in [2.24, 2.45) is 0 Å². The highest BCUT2D eigenvalue weighted by atomic mass is 32.1. The minimum Gasteiger partial charge on any atom is -0.503 e. The van der Waals surface area contributed by atoms with Crippen LogP contribution in [0.3, 0.4) is 0 Å². The number of ketones is 1. The lowest BCUT2D eigenvalue weighted by Crippen LogP contribution is -2.30. The summed E-state index contributed by atoms with van der Waals surface area (Å²) < 4.78 is 5.30. The van der Waals surface area contributed by atoms with Crippen molar-refractivity contribution < 1.29 is 19.4 Å². The summed E-state index contributed by atoms with van der Waals surface area (Å²) in [6.07, 6.45) is 0. The Morgan fingerprint density at radius 3 is 2.56 bits per heavy atom. The van der Waals surface area contributed by atoms with Gasteiger partial charge in [-0.2, -0.15) is 0 Å². The van der Waals surface area contributed by atoms with Gasteiger partial charge in [-0.3, -0.25) is 9.59 Å². The van der Waals surface area contributed by atoms with Gasteiger partial charge >= 0.3 is 0 Å². The molecule has 0 saturated heterocycles. The number of aromatic nitrogens is 1. The minimum absolute atomic E-state index is 0.0928. The Labute approximate surface area is 190 Å². The number of nitrogens with zero attached hydrogens (tertiary/aromatic N) is 2. The molecule has 1 aliphatic heterocycles. The number of hydrogen-bond donors (Lipinski definition) is 1. The van der Waals surface area contributed by atoms with Gasteiger partial charge in [-0.05, 0) is 44.0 Å². The van der Waals surface area contributed by atoms with Crippen molar-refractivity contribution in [2.75, 3.05) is 7.11 Å². The molecule has 3 aromatic rings. The predicted octanol–water partition coefficient (Wildman–Crippen LogP) is 4.86. The maximum Gasteiger partial charge on any atom is 0.290 e. The average Bonchev–Trinajstić information content (AvgIpc) is 3.24. The van der Waals surface area contributed by atoms with Gasteiger partial charge in [-0.1, -0.05) is 42.0 Å². The van der Waals surface area contributed by atoms with Crippen molar-refractivity contribution >= 4 is 23.0 Å². The van der Waals surface area contributed by atoms with E-state index in [2.05, 4.69) is 4.98 Å². The van der Waals surface area contributed by atoms with Gasteiger partial charge in [0.1, 0.15) is 5.75 Å². The molecule has 164 valence electrons. The number of rotatable bonds is 6. The number of ether oxygens (including phenoxy) is 1. The van der Waals surface area contributed by atoms with Gasteiger partial charge in [-0.25, -0.2) is 4.98 Å². The molecule has 0 bridgehead atoms. The van der Waals surface area contributed by atoms with E-state index in [1.807, 2.05) is 62.4 Å². The van der Waals surface area contributed by atoms with Crippen LogP contribution >= 0.6 is 11.3 Å². The predicted molar refractivity (Wildman–Crippen MR) is 123 cm³/mol. The van der Waals surface area contributed by atoms with E-state index >= 15 is 0 Å². The van der Waals surface area contributed by atoms with Crippen molar-refractivity contribution in [3.8, 4) is 5.75 Å². The van der Waals surface area contributed by atoms with Gasteiger partial charge in [0, 0.05) is 6.54 Å². The second-order valence-corrected chi connectivity index (χ2v) is 9.04. The molecule has 1 atom stereocenters. The summed E-state index contributed by atoms with van der Waals surface area (Å²) in [6, 6.07) is 14.3. The van der Waals surface area contributed by atoms with Crippen molar-refractivity contribution in [2.45, 2.75) is 33.4 Å². The first-order chi connectivity index (χ1) is 15.3. The molecule has 1 aromatic heterocycles. The molecule has 4 rings (SSSR count). The molecule has 32 heavy (non-hydrogen) atoms. The Hall–Kier alpha value is -3.45. The standard InChI is InChI=1S/C25H24N2O4S/c1-14-7-5-9-18(11-14)21-20(22(28)24-15(2)26-16(3)32-24)23(29)25(30)27(21)13-17-8-6-10-19(12-17)31-4/h5-12,21,29H,13H2,1-4H3. The maximum absolute atomic E-state index is 13.6. The number of benzene rings is 2. The van der Waals surface area contributed by atoms with E-state index in [0.717, 1.165) is 21.7 Å². The second-order valence-electron chi connectivity index (χ2n) is 7.84. The number of thiazole rings is 1. The summed E-state index contributed by atoms with van der Waals surface area (Å²) in [5.41, 5.74) is 3.29. The number of carbonyl (C=O) groups excluding carboxylic acids is 2. The smallest absolute Gasteiger partial charge is 0.290 e. The molecular weight excluding hydrogens is 424 g/mol. The van der Waals surface area contributed by atoms with Crippen LogP contribution in [0, 0.1) is 20.8 Å². The number of carbonyl (C=O) groups is 2. The molecule has 7 heteroatoms. The largest absolute Gasteiger partial charge is 0.503 e. The van der Waals surface area contributed by atoms with Crippen LogP contribution in [0.15, 0.2) is 59.9 Å². The van der Waals surface area contributed by atoms with E-state index in [4.69, 9.17) is 4.74 Å². The van der Waals surface area contributed by atoms with Crippen LogP contribution in [0.2, 0.25) is 0 Å². The first kappa shape index (κ1) is 21.8. The van der Waals surface area contributed by atoms with Crippen LogP contribution < -0.4 is 4.74 Å². The van der Waals surface area contributed by atoms with E-state index in [-0.39, 0.29) is 17.9 Å². The quantitative estimate of drug-likeness (QED) is 0.545. The van der Waals surface area contributed by atoms with Crippen molar-refractivity contribution in [1.82, 2.24) is 9.88 Å². The van der Waals surface area contributed by atoms with E-state index in [9.17, 15) is 14.7 Å². The molecule has 6 nitrogen and oxygen atoms in total. The van der Waals surface area contributed by atoms with Gasteiger partial charge < -0.3 is 14.7 Å². The fraction of sp³-hybridized carbons (Fsp3) is 0.240. The zero-order valence-corrected chi connectivity index (χ0v) is 19.2. The third-order valence-corrected chi connectivity index (χ3v) is 6.57. The molecule has 2 aromatic carbocycles. The lowest BCUT2D eigenvalue weighted by atomic mass is 9.94. The summed E-state index contributed by atoms with van der Waals surface area (Å²) in [5.74, 6) is -0.763. The molecule has 0 aliphatic carbocycles. The fourth-order valence-electron chi connectivity index (χ4n) is 4.07. The van der Waals surface area contributed by atoms with Gasteiger partial charge in [-0.15, -0.1) is 11.3 Å². The number of Topliss-reactive ketones (excluding diaryl/α,β-unsaturated/α-hetero) is 1. The number of amides is 1. The van der Waals surface area contributed by atoms with E-state index in [1.165, 1.54) is 16.2 Å². The van der Waals surface area contributed by atoms with Crippen LogP contribution in [-0.4, -0.2) is 33.8 Å². The highest BCUT2D eigenvalue weighted by Crippen LogP contribution is 2.41. The third kappa shape index (κ3) is 3.91. The SMILES string of the molecule is COc1cccc(CN2C(=O)C(O)=C(C(=O)c3sc(C)nc3C)C2c2cccc(C)c2)c1. The first-order valence-corrected chi connectivity index (χ1v) is 11.0. The van der Waals surface area contributed by atoms with Gasteiger partial charge in [0.25, 0.3) is 5.91 Å². The number of aliphatic hydroxyl groups is 1. The topological polar surface area (TPSA) is 79.7 Å². The Balaban J connectivity index is 1.81. The molecular formula is C25H24N2O4S. The normalized spacial score (nSPS) is 16.1. The first-order valence-electron chi connectivity index (χ1n) is 10.2. The lowest BCUT2D eigenvalue weighted by molar-refractivity contribution is -0.130. The summed E-state index contributed by atoms with van der Waals surface area (Å²) in [7, 11) is 1.58. The van der Waals surface area contributed by atoms with Crippen LogP contribution in [0.5, 0.6) is 5.75 Å². The van der Waals surface area contributed by atoms with E-state index in [1.54, 1.807) is 14.0 Å². The maximum atomic E-state index is 13.6. The minimum atomic E-state index is -0.706. The van der Waals surface area contributed by atoms with Crippen LogP contribution in [0.1, 0.15) is 43.1 Å². The Morgan fingerprint density at radius 2 is 1.91 bits per heavy atom. The molecule has 1 N–H and O–H groups in total. The Kier molecular flexibility index (Phi) is 5.84. The molecule has 1 aliphatic rings. The molecule has 1 amide bonds. The van der Waals surface area contributed by atoms with E-state index < -0.39 is 17.7 Å². The van der Waals surface area contributed by atoms with Crippen molar-refractivity contribution in [3.63, 3.8) is 0 Å². The Bertz CT molecular complexity index is 1240. The molecule has 0 spiro atoms. The third-order valence-electron chi connectivity index (χ3n) is 5.50. The second kappa shape index (κ2) is 8.59. The van der Waals surface area contributed by atoms with Gasteiger partial charge in [0.15, 0.2) is 5.76 Å². The fourth-order valence-corrected chi connectivity index (χ4v) is 4.94. The molecule has 0 radical (unpaired) electrons. The van der Waals surface area contributed by atoms with E-state index in [0.29, 0.717) is 16.3 Å². The zero-order valence-electron chi connectivity index (χ0n) is 18.4. The molecule has 2 heterocycles. The zero-order chi connectivity index (χ0) is 23.0. The van der Waals surface area contributed by atoms with Crippen LogP contribution in [0.25, 0.3) is 0 Å². The highest BCUT2D eigenvalue weighted by molar-refractivity contribution is 7.14. The summed E-state index contributed by atoms with van der Waals surface area (Å²) >= 11 is 1.27. The van der Waals surface area contributed by atoms with Crippen LogP contribution in [-0.2, 0) is 11.3 Å². The number of methoxy groups -OCH3 is 1. The van der Waals surface area contributed by atoms with Crippen LogP contribution in [0.4, 0.5) is 0 Å². The van der Waals surface area contributed by atoms with Crippen molar-refractivity contribution in [1.29, 1.82) is 0 Å². The highest BCUT2D eigenvalue weighted by Gasteiger charge is 2.44. The number of aryl methyl sites for hydroxylation is 3. The monoisotopic (exact) mass is 448 g/mol. The molecule has 1 unspecified atom stereocenters. The van der Waals surface area contributed by atoms with Gasteiger partial charge in [0.2, 0.25) is 5.78 Å². The molecule has 0 fully saturated rings. The summed E-state index contributed by atoms with van der Waals surface area (Å²) in [5, 5.41) is 11.6. The number of aliphatic hydroxyl groups excluding tert-OH is 1. The Morgan fingerprint density at radius 1 is 1.16 bits per heavy atom. The summed E-state index contributed by atoms with van der Waals surface area (Å²) in [4.78, 5) is 33.1. The lowest BCUT2D eigenvalue weighted by Gasteiger charge is -2.27.